The lowest BCUT2D eigenvalue weighted by Crippen LogP contribution is -2.83. The number of nitrogens with zero attached hydrogens (tertiary/aromatic N) is 1. The maximum Gasteiger partial charge on any atom is 0.337 e. The average Bonchev–Trinajstić information content (AvgIpc) is 3.66. The van der Waals surface area contributed by atoms with E-state index in [0.717, 1.165) is 50.3 Å². The lowest BCUT2D eigenvalue weighted by Gasteiger charge is -2.75. The highest BCUT2D eigenvalue weighted by atomic mass is 16.6. The molecule has 40 heavy (non-hydrogen) atoms. The smallest absolute Gasteiger partial charge is 0.337 e. The minimum absolute atomic E-state index is 0.0306. The number of hydrogen-bond acceptors (Lipinski definition) is 7. The van der Waals surface area contributed by atoms with Crippen LogP contribution in [0, 0.1) is 22.7 Å². The zero-order valence-electron chi connectivity index (χ0n) is 25.2. The summed E-state index contributed by atoms with van der Waals surface area (Å²) in [5.74, 6) is 1.55. The molecule has 8 rings (SSSR count). The minimum Gasteiger partial charge on any atom is -0.482 e. The number of hydrogen-bond donors (Lipinski definition) is 1. The third-order valence-electron chi connectivity index (χ3n) is 12.5. The highest BCUT2D eigenvalue weighted by molar-refractivity contribution is 5.76. The van der Waals surface area contributed by atoms with Crippen molar-refractivity contribution in [3.05, 3.63) is 23.3 Å². The van der Waals surface area contributed by atoms with Gasteiger partial charge in [0.15, 0.2) is 11.5 Å². The molecule has 7 heteroatoms. The first-order valence-corrected chi connectivity index (χ1v) is 15.6. The summed E-state index contributed by atoms with van der Waals surface area (Å²) >= 11 is 0. The topological polar surface area (TPSA) is 77.5 Å². The number of methoxy groups -OCH3 is 1. The molecule has 0 unspecified atom stereocenters. The largest absolute Gasteiger partial charge is 0.482 e. The summed E-state index contributed by atoms with van der Waals surface area (Å²) in [5.41, 5.74) is 0.408. The first-order chi connectivity index (χ1) is 18.9. The van der Waals surface area contributed by atoms with Gasteiger partial charge in [0.1, 0.15) is 18.3 Å². The number of aliphatic hydroxyl groups is 1. The number of likely N-dealkylation sites (tertiary alicyclic amines) is 1. The summed E-state index contributed by atoms with van der Waals surface area (Å²) < 4.78 is 25.0. The Bertz CT molecular complexity index is 1220. The van der Waals surface area contributed by atoms with Crippen LogP contribution in [0.1, 0.15) is 84.3 Å². The van der Waals surface area contributed by atoms with Gasteiger partial charge in [0.25, 0.3) is 0 Å². The summed E-state index contributed by atoms with van der Waals surface area (Å²) in [4.78, 5) is 15.5. The molecule has 5 fully saturated rings. The minimum atomic E-state index is -0.959. The van der Waals surface area contributed by atoms with Gasteiger partial charge in [-0.1, -0.05) is 26.8 Å². The van der Waals surface area contributed by atoms with Crippen molar-refractivity contribution in [3.8, 4) is 11.5 Å². The first kappa shape index (κ1) is 27.2. The Kier molecular flexibility index (Phi) is 5.90. The second-order valence-electron chi connectivity index (χ2n) is 14.9. The van der Waals surface area contributed by atoms with Gasteiger partial charge in [-0.15, -0.1) is 0 Å². The molecular weight excluding hydrogens is 506 g/mol. The quantitative estimate of drug-likeness (QED) is 0.371. The van der Waals surface area contributed by atoms with Crippen LogP contribution >= 0.6 is 0 Å². The molecule has 0 amide bonds. The van der Waals surface area contributed by atoms with Crippen molar-refractivity contribution in [2.75, 3.05) is 33.4 Å². The molecule has 0 aromatic heterocycles. The summed E-state index contributed by atoms with van der Waals surface area (Å²) in [5, 5.41) is 12.4. The van der Waals surface area contributed by atoms with E-state index in [1.807, 2.05) is 27.0 Å². The summed E-state index contributed by atoms with van der Waals surface area (Å²) in [6.07, 6.45) is 7.29. The molecule has 4 saturated carbocycles. The van der Waals surface area contributed by atoms with Crippen molar-refractivity contribution >= 4 is 5.97 Å². The van der Waals surface area contributed by atoms with Gasteiger partial charge in [0, 0.05) is 48.6 Å². The molecule has 4 bridgehead atoms. The summed E-state index contributed by atoms with van der Waals surface area (Å²) in [7, 11) is 1.82. The van der Waals surface area contributed by atoms with Crippen molar-refractivity contribution < 1.29 is 28.8 Å². The van der Waals surface area contributed by atoms with Crippen LogP contribution in [0.5, 0.6) is 11.5 Å². The zero-order valence-corrected chi connectivity index (χ0v) is 25.2. The van der Waals surface area contributed by atoms with Crippen LogP contribution in [0.4, 0.5) is 0 Å². The lowest BCUT2D eigenvalue weighted by atomic mass is 9.33. The molecule has 7 nitrogen and oxygen atoms in total. The van der Waals surface area contributed by atoms with E-state index in [2.05, 4.69) is 31.7 Å². The van der Waals surface area contributed by atoms with Crippen LogP contribution in [-0.2, 0) is 26.1 Å². The van der Waals surface area contributed by atoms with Crippen LogP contribution in [0.3, 0.4) is 0 Å². The van der Waals surface area contributed by atoms with Crippen LogP contribution in [0.25, 0.3) is 0 Å². The van der Waals surface area contributed by atoms with Crippen LogP contribution < -0.4 is 9.47 Å². The van der Waals surface area contributed by atoms with E-state index in [4.69, 9.17) is 18.9 Å². The van der Waals surface area contributed by atoms with Crippen molar-refractivity contribution in [1.82, 2.24) is 4.90 Å². The maximum atomic E-state index is 12.7. The molecule has 2 spiro atoms. The molecule has 7 aliphatic rings. The predicted octanol–water partition coefficient (Wildman–Crippen LogP) is 4.65. The number of piperidine rings is 1. The second-order valence-corrected chi connectivity index (χ2v) is 14.9. The molecule has 1 N–H and O–H groups in total. The average molecular weight is 554 g/mol. The maximum absolute atomic E-state index is 12.7. The fourth-order valence-electron chi connectivity index (χ4n) is 9.99. The molecule has 1 aromatic rings. The second kappa shape index (κ2) is 8.68. The molecule has 2 heterocycles. The van der Waals surface area contributed by atoms with Crippen molar-refractivity contribution in [2.24, 2.45) is 22.7 Å². The Morgan fingerprint density at radius 1 is 1.18 bits per heavy atom. The van der Waals surface area contributed by atoms with Gasteiger partial charge in [0.05, 0.1) is 5.60 Å². The van der Waals surface area contributed by atoms with E-state index in [0.29, 0.717) is 18.4 Å². The van der Waals surface area contributed by atoms with Gasteiger partial charge in [-0.25, -0.2) is 4.79 Å². The van der Waals surface area contributed by atoms with Crippen LogP contribution in [-0.4, -0.2) is 72.7 Å². The van der Waals surface area contributed by atoms with Crippen LogP contribution in [0.2, 0.25) is 0 Å². The molecule has 1 saturated heterocycles. The third kappa shape index (κ3) is 3.29. The fourth-order valence-corrected chi connectivity index (χ4v) is 9.99. The number of fused-ring (bicyclic) bond motifs is 2. The monoisotopic (exact) mass is 553 g/mol. The number of esters is 1. The summed E-state index contributed by atoms with van der Waals surface area (Å²) in [6.45, 7) is 12.9. The molecule has 0 radical (unpaired) electrons. The van der Waals surface area contributed by atoms with Gasteiger partial charge in [0.2, 0.25) is 0 Å². The van der Waals surface area contributed by atoms with E-state index in [1.54, 1.807) is 0 Å². The first-order valence-electron chi connectivity index (χ1n) is 15.6. The van der Waals surface area contributed by atoms with Gasteiger partial charge in [-0.3, -0.25) is 4.90 Å². The Hall–Kier alpha value is -1.67. The molecule has 5 aliphatic carbocycles. The summed E-state index contributed by atoms with van der Waals surface area (Å²) in [6, 6.07) is 4.52. The van der Waals surface area contributed by atoms with E-state index in [-0.39, 0.29) is 34.9 Å². The van der Waals surface area contributed by atoms with Crippen molar-refractivity contribution in [2.45, 2.75) is 108 Å². The van der Waals surface area contributed by atoms with Gasteiger partial charge in [-0.2, -0.15) is 0 Å². The number of benzene rings is 1. The predicted molar refractivity (Wildman–Crippen MR) is 151 cm³/mol. The highest BCUT2D eigenvalue weighted by Crippen LogP contribution is 2.78. The Morgan fingerprint density at radius 2 is 1.95 bits per heavy atom. The Morgan fingerprint density at radius 3 is 2.62 bits per heavy atom. The lowest BCUT2D eigenvalue weighted by molar-refractivity contribution is -0.312. The number of carbonyl (C=O) groups is 1. The standard InChI is InChI=1S/C33H47NO6/c1-7-38-19-25(35)39-22-11-10-21-16-24-31-12-13-33(37-6,23(17-31)30(5,36)29(2,3)4)28-32(31,26(21)27(22)40-28)14-15-34(24)18-20-8-9-20/h10-11,20,23-24,28,36H,7-9,12-19H2,1-6H3/t23-,24-,28-,30+,31-,32+,33-/m1/s1. The number of rotatable bonds is 8. The Labute approximate surface area is 238 Å². The van der Waals surface area contributed by atoms with Crippen molar-refractivity contribution in [3.63, 3.8) is 0 Å². The number of ether oxygens (including phenoxy) is 4. The molecule has 2 aliphatic heterocycles. The zero-order chi connectivity index (χ0) is 28.3. The molecule has 1 aromatic carbocycles. The Balaban J connectivity index is 1.41. The molecular formula is C33H47NO6. The third-order valence-corrected chi connectivity index (χ3v) is 12.5. The van der Waals surface area contributed by atoms with Crippen molar-refractivity contribution in [1.29, 1.82) is 0 Å². The van der Waals surface area contributed by atoms with E-state index in [1.165, 1.54) is 30.5 Å². The molecule has 7 atom stereocenters. The van der Waals surface area contributed by atoms with Gasteiger partial charge < -0.3 is 24.1 Å². The SMILES string of the molecule is CCOCC(=O)Oc1ccc2c3c1O[C@H]1[C@@]4(OC)CC[C@@]5(C[C@@H]4[C@](C)(O)C(C)(C)C)[C@@H](C2)N(CC2CC2)CC[C@]315. The van der Waals surface area contributed by atoms with E-state index in [9.17, 15) is 9.90 Å². The fraction of sp³-hybridized carbons (Fsp3) is 0.788. The number of carbonyl (C=O) groups excluding carboxylic acids is 1. The normalized spacial score (nSPS) is 38.9. The highest BCUT2D eigenvalue weighted by Gasteiger charge is 2.82. The van der Waals surface area contributed by atoms with E-state index >= 15 is 0 Å². The van der Waals surface area contributed by atoms with E-state index < -0.39 is 17.2 Å². The van der Waals surface area contributed by atoms with Gasteiger partial charge >= 0.3 is 5.97 Å². The van der Waals surface area contributed by atoms with Crippen LogP contribution in [0.15, 0.2) is 12.1 Å². The molecule has 220 valence electrons. The van der Waals surface area contributed by atoms with Gasteiger partial charge in [-0.05, 0) is 88.3 Å².